The summed E-state index contributed by atoms with van der Waals surface area (Å²) >= 11 is 0. The molecule has 1 N–H and O–H groups in total. The summed E-state index contributed by atoms with van der Waals surface area (Å²) in [5.74, 6) is -3.30. The average molecular weight is 796 g/mol. The largest absolute Gasteiger partial charge is 0.453 e. The molecule has 14 heteroatoms. The molecule has 12 nitrogen and oxygen atoms in total. The fraction of sp³-hybridized carbons (Fsp3) is 0.558. The van der Waals surface area contributed by atoms with Gasteiger partial charge in [0.1, 0.15) is 23.1 Å². The first-order chi connectivity index (χ1) is 27.1. The van der Waals surface area contributed by atoms with Gasteiger partial charge in [-0.25, -0.2) is 18.6 Å². The molecule has 3 atom stereocenters. The topological polar surface area (TPSA) is 132 Å². The first-order valence-corrected chi connectivity index (χ1v) is 19.9. The van der Waals surface area contributed by atoms with E-state index in [2.05, 4.69) is 12.2 Å². The molecule has 1 aliphatic rings. The third-order valence-electron chi connectivity index (χ3n) is 9.86. The summed E-state index contributed by atoms with van der Waals surface area (Å²) in [7, 11) is 1.56. The number of carbonyl (C=O) groups is 4. The van der Waals surface area contributed by atoms with Gasteiger partial charge >= 0.3 is 12.1 Å². The quantitative estimate of drug-likeness (QED) is 0.105. The van der Waals surface area contributed by atoms with Crippen molar-refractivity contribution in [2.24, 2.45) is 11.8 Å². The number of carbonyl (C=O) groups excluding carboxylic acids is 4. The maximum Gasteiger partial charge on any atom is 0.410 e. The second kappa shape index (κ2) is 21.1. The van der Waals surface area contributed by atoms with Gasteiger partial charge in [0.05, 0.1) is 17.7 Å². The van der Waals surface area contributed by atoms with Crippen molar-refractivity contribution in [3.8, 4) is 11.3 Å². The predicted octanol–water partition coefficient (Wildman–Crippen LogP) is 7.30. The minimum absolute atomic E-state index is 0.00350. The van der Waals surface area contributed by atoms with E-state index in [0.29, 0.717) is 45.0 Å². The Morgan fingerprint density at radius 2 is 1.75 bits per heavy atom. The van der Waals surface area contributed by atoms with Crippen LogP contribution in [0.2, 0.25) is 0 Å². The number of halogens is 2. The third-order valence-corrected chi connectivity index (χ3v) is 9.86. The number of benzene rings is 2. The molecule has 0 radical (unpaired) electrons. The summed E-state index contributed by atoms with van der Waals surface area (Å²) in [6.45, 7) is 11.7. The predicted molar refractivity (Wildman–Crippen MR) is 212 cm³/mol. The molecule has 1 aliphatic heterocycles. The summed E-state index contributed by atoms with van der Waals surface area (Å²) in [5, 5.41) is 3.01. The number of hydrogen-bond donors (Lipinski definition) is 1. The Bertz CT molecular complexity index is 1790. The summed E-state index contributed by atoms with van der Waals surface area (Å²) in [6, 6.07) is 12.0. The van der Waals surface area contributed by atoms with Crippen LogP contribution in [0.15, 0.2) is 54.7 Å². The highest BCUT2D eigenvalue weighted by molar-refractivity contribution is 5.84. The van der Waals surface area contributed by atoms with Gasteiger partial charge < -0.3 is 33.9 Å². The van der Waals surface area contributed by atoms with Crippen LogP contribution in [-0.2, 0) is 35.1 Å². The average Bonchev–Trinajstić information content (AvgIpc) is 3.57. The Labute approximate surface area is 335 Å². The molecule has 1 aromatic heterocycles. The van der Waals surface area contributed by atoms with Crippen LogP contribution in [0.4, 0.5) is 13.6 Å². The van der Waals surface area contributed by atoms with Crippen molar-refractivity contribution >= 4 is 23.9 Å². The lowest BCUT2D eigenvalue weighted by atomic mass is 9.88. The first kappa shape index (κ1) is 44.9. The maximum absolute atomic E-state index is 15.3. The number of hydrogen-bond acceptors (Lipinski definition) is 8. The number of nitrogens with one attached hydrogen (secondary N) is 1. The summed E-state index contributed by atoms with van der Waals surface area (Å²) in [6.07, 6.45) is 3.76. The molecule has 3 amide bonds. The molecule has 0 saturated carbocycles. The van der Waals surface area contributed by atoms with Gasteiger partial charge in [-0.1, -0.05) is 50.1 Å². The van der Waals surface area contributed by atoms with Crippen molar-refractivity contribution in [2.45, 2.75) is 104 Å². The molecule has 0 spiro atoms. The lowest BCUT2D eigenvalue weighted by molar-refractivity contribution is -0.160. The van der Waals surface area contributed by atoms with E-state index >= 15 is 4.39 Å². The number of imidazole rings is 1. The Balaban J connectivity index is 1.84. The molecular weight excluding hydrogens is 736 g/mol. The highest BCUT2D eigenvalue weighted by Gasteiger charge is 2.40. The Hall–Kier alpha value is -4.85. The Morgan fingerprint density at radius 3 is 2.40 bits per heavy atom. The number of amides is 3. The molecule has 3 aromatic rings. The summed E-state index contributed by atoms with van der Waals surface area (Å²) in [4.78, 5) is 61.8. The number of ether oxygens (including phenoxy) is 3. The molecule has 312 valence electrons. The normalized spacial score (nSPS) is 15.0. The van der Waals surface area contributed by atoms with E-state index in [-0.39, 0.29) is 42.6 Å². The van der Waals surface area contributed by atoms with Gasteiger partial charge in [-0.15, -0.1) is 0 Å². The maximum atomic E-state index is 15.3. The van der Waals surface area contributed by atoms with E-state index in [4.69, 9.17) is 19.2 Å². The Morgan fingerprint density at radius 1 is 1.05 bits per heavy atom. The van der Waals surface area contributed by atoms with Gasteiger partial charge in [0.2, 0.25) is 5.91 Å². The van der Waals surface area contributed by atoms with E-state index in [1.165, 1.54) is 18.7 Å². The zero-order chi connectivity index (χ0) is 41.7. The van der Waals surface area contributed by atoms with E-state index in [1.807, 2.05) is 34.9 Å². The van der Waals surface area contributed by atoms with Crippen LogP contribution < -0.4 is 5.32 Å². The SMILES string of the molecule is CCCCCNC(=O)C(CCN(C(=O)C(C)OC(C)=O)C(c1nc(-c2cc(F)ccc2F)cn1Cc1ccccc1)C1CCOCC1)CN(C)C(=O)OC(C)(C)C. The van der Waals surface area contributed by atoms with Gasteiger partial charge in [-0.3, -0.25) is 14.4 Å². The van der Waals surface area contributed by atoms with E-state index in [1.54, 1.807) is 38.9 Å². The van der Waals surface area contributed by atoms with Crippen molar-refractivity contribution in [3.63, 3.8) is 0 Å². The van der Waals surface area contributed by atoms with Gasteiger partial charge in [0.25, 0.3) is 5.91 Å². The molecule has 2 aromatic carbocycles. The van der Waals surface area contributed by atoms with Crippen molar-refractivity contribution in [1.82, 2.24) is 24.7 Å². The summed E-state index contributed by atoms with van der Waals surface area (Å²) < 4.78 is 48.5. The number of aromatic nitrogens is 2. The molecule has 57 heavy (non-hydrogen) atoms. The van der Waals surface area contributed by atoms with Crippen LogP contribution in [0.5, 0.6) is 0 Å². The fourth-order valence-electron chi connectivity index (χ4n) is 7.03. The van der Waals surface area contributed by atoms with Crippen molar-refractivity contribution in [3.05, 3.63) is 77.8 Å². The van der Waals surface area contributed by atoms with Crippen LogP contribution >= 0.6 is 0 Å². The highest BCUT2D eigenvalue weighted by Crippen LogP contribution is 2.38. The first-order valence-electron chi connectivity index (χ1n) is 19.9. The minimum Gasteiger partial charge on any atom is -0.453 e. The lowest BCUT2D eigenvalue weighted by Crippen LogP contribution is -2.48. The molecule has 3 unspecified atom stereocenters. The molecule has 1 fully saturated rings. The van der Waals surface area contributed by atoms with Gasteiger partial charge in [-0.2, -0.15) is 0 Å². The van der Waals surface area contributed by atoms with Crippen molar-refractivity contribution in [1.29, 1.82) is 0 Å². The third kappa shape index (κ3) is 13.4. The van der Waals surface area contributed by atoms with Crippen molar-refractivity contribution in [2.75, 3.05) is 39.9 Å². The summed E-state index contributed by atoms with van der Waals surface area (Å²) in [5.41, 5.74) is 0.290. The number of esters is 1. The molecular formula is C43H59F2N5O7. The van der Waals surface area contributed by atoms with Crippen LogP contribution in [0, 0.1) is 23.5 Å². The zero-order valence-corrected chi connectivity index (χ0v) is 34.4. The minimum atomic E-state index is -1.20. The van der Waals surface area contributed by atoms with Gasteiger partial charge in [0, 0.05) is 65.1 Å². The van der Waals surface area contributed by atoms with Crippen molar-refractivity contribution < 1.29 is 42.2 Å². The standard InChI is InChI=1S/C43H59F2N5O7/c1-8-9-13-21-46-40(52)33(27-48(7)42(54)57-43(4,5)6)18-22-50(41(53)29(2)56-30(3)51)38(32-19-23-55-24-20-32)39-47-37(35-25-34(44)16-17-36(35)45)28-49(39)26-31-14-11-10-12-15-31/h10-12,14-17,25,28-29,32-33,38H,8-9,13,18-24,26-27H2,1-7H3,(H,46,52). The van der Waals surface area contributed by atoms with Gasteiger partial charge in [0.15, 0.2) is 6.10 Å². The molecule has 0 aliphatic carbocycles. The monoisotopic (exact) mass is 795 g/mol. The van der Waals surface area contributed by atoms with Gasteiger partial charge in [-0.05, 0) is 83.1 Å². The molecule has 4 rings (SSSR count). The number of unbranched alkanes of at least 4 members (excludes halogenated alkanes) is 2. The van der Waals surface area contributed by atoms with E-state index in [0.717, 1.165) is 43.0 Å². The van der Waals surface area contributed by atoms with E-state index < -0.39 is 53.3 Å². The van der Waals surface area contributed by atoms with Crippen LogP contribution in [0.3, 0.4) is 0 Å². The molecule has 0 bridgehead atoms. The molecule has 1 saturated heterocycles. The molecule has 2 heterocycles. The second-order valence-corrected chi connectivity index (χ2v) is 15.7. The Kier molecular flexibility index (Phi) is 16.6. The second-order valence-electron chi connectivity index (χ2n) is 15.7. The number of rotatable bonds is 18. The lowest BCUT2D eigenvalue weighted by Gasteiger charge is -2.40. The van der Waals surface area contributed by atoms with Crippen LogP contribution in [-0.4, -0.2) is 94.8 Å². The number of nitrogens with zero attached hydrogens (tertiary/aromatic N) is 4. The highest BCUT2D eigenvalue weighted by atomic mass is 19.1. The zero-order valence-electron chi connectivity index (χ0n) is 34.4. The van der Waals surface area contributed by atoms with E-state index in [9.17, 15) is 23.6 Å². The van der Waals surface area contributed by atoms with Crippen LogP contribution in [0.25, 0.3) is 11.3 Å². The fourth-order valence-corrected chi connectivity index (χ4v) is 7.03. The smallest absolute Gasteiger partial charge is 0.410 e. The van der Waals surface area contributed by atoms with Crippen LogP contribution in [0.1, 0.15) is 97.5 Å².